The molecule has 0 aliphatic carbocycles. The van der Waals surface area contributed by atoms with Crippen LogP contribution in [0.3, 0.4) is 0 Å². The molecule has 0 saturated heterocycles. The summed E-state index contributed by atoms with van der Waals surface area (Å²) in [5, 5.41) is 10.6. The molecule has 0 aliphatic rings. The van der Waals surface area contributed by atoms with Crippen molar-refractivity contribution in [1.82, 2.24) is 15.0 Å². The maximum Gasteiger partial charge on any atom is 0.355 e. The van der Waals surface area contributed by atoms with Crippen LogP contribution in [0.4, 0.5) is 0 Å². The van der Waals surface area contributed by atoms with Crippen LogP contribution >= 0.6 is 0 Å². The SMILES string of the molecule is CC(=O)C(C)=NOc1nc(ON=C(C)C(C)=O)nc(ON=C(C)C(C)=O)n1. The molecule has 0 bridgehead atoms. The van der Waals surface area contributed by atoms with E-state index in [0.29, 0.717) is 0 Å². The fraction of sp³-hybridized carbons (Fsp3) is 0.400. The number of carbonyl (C=O) groups excluding carboxylic acids is 3. The number of ketones is 3. The number of aromatic nitrogens is 3. The molecule has 0 radical (unpaired) electrons. The van der Waals surface area contributed by atoms with Crippen molar-refractivity contribution >= 4 is 34.5 Å². The molecule has 0 saturated carbocycles. The Kier molecular flexibility index (Phi) is 7.79. The van der Waals surface area contributed by atoms with Gasteiger partial charge in [0.25, 0.3) is 0 Å². The van der Waals surface area contributed by atoms with Crippen molar-refractivity contribution in [3.05, 3.63) is 0 Å². The van der Waals surface area contributed by atoms with Gasteiger partial charge in [0, 0.05) is 20.8 Å². The van der Waals surface area contributed by atoms with Crippen molar-refractivity contribution in [2.45, 2.75) is 41.5 Å². The Morgan fingerprint density at radius 1 is 0.556 bits per heavy atom. The van der Waals surface area contributed by atoms with E-state index >= 15 is 0 Å². The van der Waals surface area contributed by atoms with E-state index in [1.165, 1.54) is 41.5 Å². The molecule has 27 heavy (non-hydrogen) atoms. The highest BCUT2D eigenvalue weighted by atomic mass is 16.7. The molecule has 144 valence electrons. The normalized spacial score (nSPS) is 12.4. The summed E-state index contributed by atoms with van der Waals surface area (Å²) in [6.45, 7) is 8.20. The molecule has 0 aliphatic heterocycles. The molecule has 0 unspecified atom stereocenters. The Morgan fingerprint density at radius 3 is 0.963 bits per heavy atom. The van der Waals surface area contributed by atoms with Crippen LogP contribution in [-0.4, -0.2) is 49.4 Å². The van der Waals surface area contributed by atoms with Crippen LogP contribution in [0, 0.1) is 0 Å². The summed E-state index contributed by atoms with van der Waals surface area (Å²) >= 11 is 0. The first-order valence-corrected chi connectivity index (χ1v) is 7.53. The maximum atomic E-state index is 11.2. The molecule has 0 amide bonds. The minimum atomic E-state index is -0.387. The van der Waals surface area contributed by atoms with Gasteiger partial charge >= 0.3 is 18.0 Å². The lowest BCUT2D eigenvalue weighted by Gasteiger charge is -2.03. The van der Waals surface area contributed by atoms with Crippen LogP contribution in [0.2, 0.25) is 0 Å². The number of oxime groups is 3. The number of nitrogens with zero attached hydrogens (tertiary/aromatic N) is 6. The predicted octanol–water partition coefficient (Wildman–Crippen LogP) is 0.903. The Bertz CT molecular complexity index is 723. The molecular weight excluding hydrogens is 360 g/mol. The Hall–Kier alpha value is -3.57. The van der Waals surface area contributed by atoms with Gasteiger partial charge in [-0.05, 0) is 20.8 Å². The summed E-state index contributed by atoms with van der Waals surface area (Å²) in [4.78, 5) is 59.6. The number of carbonyl (C=O) groups is 3. The lowest BCUT2D eigenvalue weighted by molar-refractivity contribution is -0.112. The Labute approximate surface area is 154 Å². The fourth-order valence-electron chi connectivity index (χ4n) is 0.964. The first-order chi connectivity index (χ1) is 12.6. The lowest BCUT2D eigenvalue weighted by Crippen LogP contribution is -2.10. The highest BCUT2D eigenvalue weighted by Gasteiger charge is 2.13. The van der Waals surface area contributed by atoms with Crippen molar-refractivity contribution in [2.75, 3.05) is 0 Å². The first kappa shape index (κ1) is 21.5. The Morgan fingerprint density at radius 2 is 0.778 bits per heavy atom. The third kappa shape index (κ3) is 7.46. The van der Waals surface area contributed by atoms with Crippen LogP contribution in [0.1, 0.15) is 41.5 Å². The molecule has 0 aromatic carbocycles. The van der Waals surface area contributed by atoms with Crippen LogP contribution in [0.15, 0.2) is 15.5 Å². The van der Waals surface area contributed by atoms with E-state index < -0.39 is 0 Å². The molecule has 0 spiro atoms. The molecule has 0 N–H and O–H groups in total. The molecule has 1 heterocycles. The van der Waals surface area contributed by atoms with Crippen LogP contribution in [-0.2, 0) is 14.4 Å². The summed E-state index contributed by atoms with van der Waals surface area (Å²) in [5.74, 6) is -0.957. The summed E-state index contributed by atoms with van der Waals surface area (Å²) in [7, 11) is 0. The van der Waals surface area contributed by atoms with Gasteiger partial charge in [-0.2, -0.15) is 0 Å². The van der Waals surface area contributed by atoms with Gasteiger partial charge in [0.15, 0.2) is 17.3 Å². The molecular formula is C15H18N6O6. The fourth-order valence-corrected chi connectivity index (χ4v) is 0.964. The summed E-state index contributed by atoms with van der Waals surface area (Å²) < 4.78 is 0. The second-order valence-corrected chi connectivity index (χ2v) is 5.16. The minimum absolute atomic E-state index is 0.0660. The van der Waals surface area contributed by atoms with Gasteiger partial charge in [-0.1, -0.05) is 15.5 Å². The zero-order chi connectivity index (χ0) is 20.6. The number of hydrogen-bond donors (Lipinski definition) is 0. The predicted molar refractivity (Wildman–Crippen MR) is 93.1 cm³/mol. The van der Waals surface area contributed by atoms with Gasteiger partial charge in [0.1, 0.15) is 17.1 Å². The van der Waals surface area contributed by atoms with Crippen molar-refractivity contribution in [1.29, 1.82) is 0 Å². The van der Waals surface area contributed by atoms with Gasteiger partial charge in [-0.3, -0.25) is 14.4 Å². The topological polar surface area (TPSA) is 155 Å². The zero-order valence-corrected chi connectivity index (χ0v) is 15.6. The van der Waals surface area contributed by atoms with E-state index in [4.69, 9.17) is 14.5 Å². The lowest BCUT2D eigenvalue weighted by atomic mass is 10.3. The summed E-state index contributed by atoms with van der Waals surface area (Å²) in [5.41, 5.74) is 0.198. The minimum Gasteiger partial charge on any atom is -0.314 e. The van der Waals surface area contributed by atoms with Crippen LogP contribution in [0.5, 0.6) is 18.0 Å². The zero-order valence-electron chi connectivity index (χ0n) is 15.6. The average Bonchev–Trinajstić information content (AvgIpc) is 2.61. The molecule has 1 aromatic rings. The smallest absolute Gasteiger partial charge is 0.314 e. The van der Waals surface area contributed by atoms with E-state index in [2.05, 4.69) is 30.4 Å². The van der Waals surface area contributed by atoms with Crippen molar-refractivity contribution in [3.63, 3.8) is 0 Å². The summed E-state index contributed by atoms with van der Waals surface area (Å²) in [6.07, 6.45) is 0. The number of rotatable bonds is 9. The third-order valence-corrected chi connectivity index (χ3v) is 2.90. The van der Waals surface area contributed by atoms with Gasteiger partial charge in [0.2, 0.25) is 0 Å². The van der Waals surface area contributed by atoms with E-state index in [1.54, 1.807) is 0 Å². The van der Waals surface area contributed by atoms with E-state index in [1.807, 2.05) is 0 Å². The van der Waals surface area contributed by atoms with Gasteiger partial charge in [-0.15, -0.1) is 15.0 Å². The monoisotopic (exact) mass is 378 g/mol. The van der Waals surface area contributed by atoms with E-state index in [9.17, 15) is 14.4 Å². The second-order valence-electron chi connectivity index (χ2n) is 5.16. The molecule has 12 nitrogen and oxygen atoms in total. The highest BCUT2D eigenvalue weighted by molar-refractivity contribution is 6.38. The highest BCUT2D eigenvalue weighted by Crippen LogP contribution is 2.15. The standard InChI is InChI=1S/C15H18N6O6/c1-7(10(4)22)19-25-13-16-14(26-20-8(2)11(5)23)18-15(17-13)27-21-9(3)12(6)24/h1-6H3. The maximum absolute atomic E-state index is 11.2. The van der Waals surface area contributed by atoms with Crippen LogP contribution in [0.25, 0.3) is 0 Å². The quantitative estimate of drug-likeness (QED) is 0.450. The van der Waals surface area contributed by atoms with Gasteiger partial charge in [-0.25, -0.2) is 0 Å². The average molecular weight is 378 g/mol. The molecule has 0 atom stereocenters. The summed E-state index contributed by atoms with van der Waals surface area (Å²) in [6, 6.07) is -1.16. The molecule has 0 fully saturated rings. The number of Topliss-reactive ketones (excluding diaryl/α,β-unsaturated/α-hetero) is 3. The van der Waals surface area contributed by atoms with Crippen molar-refractivity contribution in [2.24, 2.45) is 15.5 Å². The second kappa shape index (κ2) is 9.79. The third-order valence-electron chi connectivity index (χ3n) is 2.90. The Balaban J connectivity index is 3.17. The molecule has 1 aromatic heterocycles. The van der Waals surface area contributed by atoms with E-state index in [-0.39, 0.29) is 52.5 Å². The number of hydrogen-bond acceptors (Lipinski definition) is 12. The van der Waals surface area contributed by atoms with Gasteiger partial charge in [0.05, 0.1) is 0 Å². The van der Waals surface area contributed by atoms with Crippen molar-refractivity contribution in [3.8, 4) is 18.0 Å². The largest absolute Gasteiger partial charge is 0.355 e. The van der Waals surface area contributed by atoms with E-state index in [0.717, 1.165) is 0 Å². The van der Waals surface area contributed by atoms with Gasteiger partial charge < -0.3 is 14.5 Å². The molecule has 12 heteroatoms. The van der Waals surface area contributed by atoms with Crippen molar-refractivity contribution < 1.29 is 28.9 Å². The first-order valence-electron chi connectivity index (χ1n) is 7.53. The van der Waals surface area contributed by atoms with Crippen LogP contribution < -0.4 is 14.5 Å². The molecule has 1 rings (SSSR count).